The van der Waals surface area contributed by atoms with Gasteiger partial charge in [0.05, 0.1) is 6.07 Å². The maximum atomic E-state index is 9.64. The Morgan fingerprint density at radius 2 is 1.48 bits per heavy atom. The summed E-state index contributed by atoms with van der Waals surface area (Å²) in [7, 11) is 0. The maximum Gasteiger partial charge on any atom is 0.154 e. The minimum absolute atomic E-state index is 0.450. The van der Waals surface area contributed by atoms with Crippen LogP contribution in [-0.2, 0) is 4.74 Å². The zero-order valence-corrected chi connectivity index (χ0v) is 15.3. The molecule has 23 heavy (non-hydrogen) atoms. The summed E-state index contributed by atoms with van der Waals surface area (Å²) in [5.41, 5.74) is -0.450. The molecule has 0 radical (unpaired) electrons. The van der Waals surface area contributed by atoms with Gasteiger partial charge in [0.15, 0.2) is 5.60 Å². The van der Waals surface area contributed by atoms with Crippen LogP contribution in [0.15, 0.2) is 0 Å². The number of hydrogen-bond donors (Lipinski definition) is 0. The number of unbranched alkanes of at least 4 members (excludes halogenated alkanes) is 5. The highest BCUT2D eigenvalue weighted by molar-refractivity contribution is 5.05. The average molecular weight is 320 g/mol. The molecule has 0 aliphatic heterocycles. The quantitative estimate of drug-likeness (QED) is 0.461. The van der Waals surface area contributed by atoms with Crippen LogP contribution in [-0.4, -0.2) is 12.2 Å². The Morgan fingerprint density at radius 3 is 2.13 bits per heavy atom. The van der Waals surface area contributed by atoms with Crippen LogP contribution in [0.25, 0.3) is 0 Å². The first kappa shape index (κ1) is 18.8. The number of ether oxygens (including phenoxy) is 1. The van der Waals surface area contributed by atoms with Gasteiger partial charge in [0, 0.05) is 6.61 Å². The minimum atomic E-state index is -0.450. The second-order valence-corrected chi connectivity index (χ2v) is 7.96. The van der Waals surface area contributed by atoms with Crippen LogP contribution in [0.3, 0.4) is 0 Å². The number of nitrogens with zero attached hydrogens (tertiary/aromatic N) is 1. The molecule has 0 spiro atoms. The van der Waals surface area contributed by atoms with E-state index in [4.69, 9.17) is 4.74 Å². The maximum absolute atomic E-state index is 9.64. The Morgan fingerprint density at radius 1 is 0.870 bits per heavy atom. The summed E-state index contributed by atoms with van der Waals surface area (Å²) in [5.74, 6) is 1.81. The largest absolute Gasteiger partial charge is 0.360 e. The van der Waals surface area contributed by atoms with Gasteiger partial charge >= 0.3 is 0 Å². The van der Waals surface area contributed by atoms with E-state index in [0.717, 1.165) is 37.7 Å². The van der Waals surface area contributed by atoms with E-state index in [2.05, 4.69) is 13.0 Å². The number of rotatable bonds is 9. The molecule has 2 aliphatic carbocycles. The third-order valence-corrected chi connectivity index (χ3v) is 6.23. The van der Waals surface area contributed by atoms with Crippen molar-refractivity contribution in [1.29, 1.82) is 5.26 Å². The van der Waals surface area contributed by atoms with Gasteiger partial charge in [0.1, 0.15) is 0 Å². The predicted octanol–water partition coefficient (Wildman–Crippen LogP) is 6.40. The Labute approximate surface area is 144 Å². The number of hydrogen-bond acceptors (Lipinski definition) is 2. The molecule has 0 saturated heterocycles. The van der Waals surface area contributed by atoms with E-state index in [0.29, 0.717) is 0 Å². The fraction of sp³-hybridized carbons (Fsp3) is 0.952. The molecular weight excluding hydrogens is 282 g/mol. The van der Waals surface area contributed by atoms with E-state index >= 15 is 0 Å². The molecule has 0 aromatic heterocycles. The van der Waals surface area contributed by atoms with E-state index < -0.39 is 5.60 Å². The van der Waals surface area contributed by atoms with E-state index in [1.807, 2.05) is 0 Å². The van der Waals surface area contributed by atoms with Crippen LogP contribution in [0.1, 0.15) is 103 Å². The summed E-state index contributed by atoms with van der Waals surface area (Å²) in [5, 5.41) is 9.64. The topological polar surface area (TPSA) is 33.0 Å². The smallest absolute Gasteiger partial charge is 0.154 e. The zero-order valence-electron chi connectivity index (χ0n) is 15.3. The minimum Gasteiger partial charge on any atom is -0.360 e. The summed E-state index contributed by atoms with van der Waals surface area (Å²) in [6, 6.07) is 2.53. The summed E-state index contributed by atoms with van der Waals surface area (Å²) < 4.78 is 6.10. The lowest BCUT2D eigenvalue weighted by atomic mass is 9.70. The van der Waals surface area contributed by atoms with Crippen molar-refractivity contribution < 1.29 is 4.74 Å². The van der Waals surface area contributed by atoms with Gasteiger partial charge in [0.2, 0.25) is 0 Å². The molecule has 0 heterocycles. The van der Waals surface area contributed by atoms with Crippen LogP contribution in [0, 0.1) is 23.2 Å². The Balaban J connectivity index is 1.64. The van der Waals surface area contributed by atoms with Gasteiger partial charge in [-0.3, -0.25) is 0 Å². The molecule has 2 heteroatoms. The molecule has 2 nitrogen and oxygen atoms in total. The number of nitriles is 1. The molecule has 0 unspecified atom stereocenters. The molecular formula is C21H37NO. The highest BCUT2D eigenvalue weighted by Gasteiger charge is 2.38. The van der Waals surface area contributed by atoms with Crippen molar-refractivity contribution >= 4 is 0 Å². The van der Waals surface area contributed by atoms with Crippen molar-refractivity contribution in [2.45, 2.75) is 109 Å². The fourth-order valence-electron chi connectivity index (χ4n) is 4.62. The molecule has 2 saturated carbocycles. The van der Waals surface area contributed by atoms with Crippen LogP contribution >= 0.6 is 0 Å². The summed E-state index contributed by atoms with van der Waals surface area (Å²) in [6.45, 7) is 3.04. The molecule has 0 N–H and O–H groups in total. The molecule has 0 aromatic carbocycles. The van der Waals surface area contributed by atoms with Gasteiger partial charge < -0.3 is 4.74 Å². The van der Waals surface area contributed by atoms with Crippen molar-refractivity contribution in [1.82, 2.24) is 0 Å². The normalized spacial score (nSPS) is 29.3. The first-order valence-corrected chi connectivity index (χ1v) is 10.3. The molecule has 2 rings (SSSR count). The fourth-order valence-corrected chi connectivity index (χ4v) is 4.62. The zero-order chi connectivity index (χ0) is 16.4. The second kappa shape index (κ2) is 10.3. The van der Waals surface area contributed by atoms with E-state index in [-0.39, 0.29) is 0 Å². The summed E-state index contributed by atoms with van der Waals surface area (Å²) in [6.07, 6.45) is 19.2. The highest BCUT2D eigenvalue weighted by Crippen LogP contribution is 2.42. The van der Waals surface area contributed by atoms with Gasteiger partial charge in [-0.15, -0.1) is 0 Å². The van der Waals surface area contributed by atoms with Crippen LogP contribution in [0.5, 0.6) is 0 Å². The van der Waals surface area contributed by atoms with Crippen molar-refractivity contribution in [2.24, 2.45) is 11.8 Å². The first-order valence-electron chi connectivity index (χ1n) is 10.3. The van der Waals surface area contributed by atoms with Crippen molar-refractivity contribution in [2.75, 3.05) is 6.61 Å². The van der Waals surface area contributed by atoms with Crippen LogP contribution < -0.4 is 0 Å². The van der Waals surface area contributed by atoms with Gasteiger partial charge in [-0.25, -0.2) is 0 Å². The van der Waals surface area contributed by atoms with Gasteiger partial charge in [-0.2, -0.15) is 5.26 Å². The van der Waals surface area contributed by atoms with Crippen molar-refractivity contribution in [3.63, 3.8) is 0 Å². The van der Waals surface area contributed by atoms with E-state index in [1.54, 1.807) is 0 Å². The molecule has 0 atom stereocenters. The molecule has 2 fully saturated rings. The first-order chi connectivity index (χ1) is 11.3. The van der Waals surface area contributed by atoms with Gasteiger partial charge in [0.25, 0.3) is 0 Å². The van der Waals surface area contributed by atoms with Crippen LogP contribution in [0.4, 0.5) is 0 Å². The third-order valence-electron chi connectivity index (χ3n) is 6.23. The Kier molecular flexibility index (Phi) is 8.45. The molecule has 0 bridgehead atoms. The highest BCUT2D eigenvalue weighted by atomic mass is 16.5. The lowest BCUT2D eigenvalue weighted by molar-refractivity contribution is -0.0448. The molecule has 132 valence electrons. The van der Waals surface area contributed by atoms with E-state index in [9.17, 15) is 5.26 Å². The summed E-state index contributed by atoms with van der Waals surface area (Å²) >= 11 is 0. The van der Waals surface area contributed by atoms with Crippen LogP contribution in [0.2, 0.25) is 0 Å². The Bertz CT molecular complexity index is 345. The molecule has 0 amide bonds. The van der Waals surface area contributed by atoms with Crippen molar-refractivity contribution in [3.8, 4) is 6.07 Å². The predicted molar refractivity (Wildman–Crippen MR) is 96.2 cm³/mol. The molecule has 2 aliphatic rings. The lowest BCUT2D eigenvalue weighted by Crippen LogP contribution is -2.38. The standard InChI is InChI=1S/C21H37NO/c1-2-3-4-5-6-10-17-23-21(18-22)15-13-20(14-16-21)19-11-8-7-9-12-19/h19-20H,2-17H2,1H3. The second-order valence-electron chi connectivity index (χ2n) is 7.96. The third kappa shape index (κ3) is 6.11. The van der Waals surface area contributed by atoms with Gasteiger partial charge in [-0.05, 0) is 43.9 Å². The van der Waals surface area contributed by atoms with Gasteiger partial charge in [-0.1, -0.05) is 71.1 Å². The Hall–Kier alpha value is -0.550. The van der Waals surface area contributed by atoms with E-state index in [1.165, 1.54) is 77.0 Å². The lowest BCUT2D eigenvalue weighted by Gasteiger charge is -2.39. The average Bonchev–Trinajstić information content (AvgIpc) is 2.62. The monoisotopic (exact) mass is 319 g/mol. The summed E-state index contributed by atoms with van der Waals surface area (Å²) in [4.78, 5) is 0. The molecule has 0 aromatic rings. The SMILES string of the molecule is CCCCCCCCOC1(C#N)CCC(C2CCCCC2)CC1. The van der Waals surface area contributed by atoms with Crippen molar-refractivity contribution in [3.05, 3.63) is 0 Å².